The van der Waals surface area contributed by atoms with Crippen LogP contribution < -0.4 is 10.6 Å². The molecule has 6 heteroatoms. The molecule has 0 atom stereocenters. The van der Waals surface area contributed by atoms with Crippen LogP contribution in [-0.2, 0) is 5.75 Å². The lowest BCUT2D eigenvalue weighted by Gasteiger charge is -2.10. The van der Waals surface area contributed by atoms with Crippen LogP contribution in [-0.4, -0.2) is 17.4 Å². The molecule has 1 heterocycles. The zero-order valence-corrected chi connectivity index (χ0v) is 13.2. The number of anilines is 1. The summed E-state index contributed by atoms with van der Waals surface area (Å²) in [5.74, 6) is 1.78. The molecule has 0 fully saturated rings. The van der Waals surface area contributed by atoms with Crippen LogP contribution in [0.3, 0.4) is 0 Å². The number of hydrogen-bond donors (Lipinski definition) is 2. The molecule has 106 valence electrons. The molecule has 0 radical (unpaired) electrons. The van der Waals surface area contributed by atoms with Gasteiger partial charge in [-0.25, -0.2) is 4.39 Å². The summed E-state index contributed by atoms with van der Waals surface area (Å²) in [6.07, 6.45) is 0. The smallest absolute Gasteiger partial charge is 0.170 e. The van der Waals surface area contributed by atoms with Crippen molar-refractivity contribution in [2.75, 3.05) is 17.6 Å². The number of rotatable bonds is 6. The Kier molecular flexibility index (Phi) is 6.29. The van der Waals surface area contributed by atoms with Gasteiger partial charge < -0.3 is 10.6 Å². The van der Waals surface area contributed by atoms with Gasteiger partial charge in [0.1, 0.15) is 5.82 Å². The fraction of sp³-hybridized carbons (Fsp3) is 0.214. The van der Waals surface area contributed by atoms with Crippen LogP contribution in [0.2, 0.25) is 0 Å². The van der Waals surface area contributed by atoms with Crippen LogP contribution in [0.1, 0.15) is 4.88 Å². The summed E-state index contributed by atoms with van der Waals surface area (Å²) < 4.78 is 12.7. The average Bonchev–Trinajstić information content (AvgIpc) is 2.94. The summed E-state index contributed by atoms with van der Waals surface area (Å²) in [6.45, 7) is 0.809. The van der Waals surface area contributed by atoms with Gasteiger partial charge in [-0.15, -0.1) is 11.3 Å². The zero-order chi connectivity index (χ0) is 14.2. The summed E-state index contributed by atoms with van der Waals surface area (Å²) in [4.78, 5) is 1.39. The van der Waals surface area contributed by atoms with Crippen molar-refractivity contribution < 1.29 is 4.39 Å². The third-order valence-electron chi connectivity index (χ3n) is 2.46. The van der Waals surface area contributed by atoms with Crippen molar-refractivity contribution >= 4 is 46.1 Å². The first-order valence-electron chi connectivity index (χ1n) is 6.14. The highest BCUT2D eigenvalue weighted by molar-refractivity contribution is 7.98. The first-order chi connectivity index (χ1) is 9.74. The monoisotopic (exact) mass is 326 g/mol. The maximum atomic E-state index is 12.7. The molecule has 0 spiro atoms. The molecule has 0 amide bonds. The lowest BCUT2D eigenvalue weighted by atomic mass is 10.3. The molecule has 2 N–H and O–H groups in total. The summed E-state index contributed by atoms with van der Waals surface area (Å²) in [7, 11) is 0. The SMILES string of the molecule is Fc1ccc(NC(=S)NCCSCc2cccs2)cc1. The number of thioether (sulfide) groups is 1. The van der Waals surface area contributed by atoms with Crippen molar-refractivity contribution in [1.29, 1.82) is 0 Å². The first-order valence-corrected chi connectivity index (χ1v) is 8.59. The molecule has 1 aromatic carbocycles. The predicted octanol–water partition coefficient (Wildman–Crippen LogP) is 4.11. The van der Waals surface area contributed by atoms with Crippen molar-refractivity contribution in [2.45, 2.75) is 5.75 Å². The Morgan fingerprint density at radius 1 is 1.25 bits per heavy atom. The van der Waals surface area contributed by atoms with Crippen molar-refractivity contribution in [2.24, 2.45) is 0 Å². The largest absolute Gasteiger partial charge is 0.362 e. The Labute approximate surface area is 131 Å². The van der Waals surface area contributed by atoms with Crippen molar-refractivity contribution in [3.63, 3.8) is 0 Å². The lowest BCUT2D eigenvalue weighted by molar-refractivity contribution is 0.628. The third kappa shape index (κ3) is 5.48. The lowest BCUT2D eigenvalue weighted by Crippen LogP contribution is -2.30. The van der Waals surface area contributed by atoms with E-state index in [-0.39, 0.29) is 5.82 Å². The van der Waals surface area contributed by atoms with Gasteiger partial charge in [-0.05, 0) is 47.9 Å². The predicted molar refractivity (Wildman–Crippen MR) is 91.1 cm³/mol. The second-order valence-corrected chi connectivity index (χ2v) is 6.57. The van der Waals surface area contributed by atoms with Crippen molar-refractivity contribution in [3.05, 3.63) is 52.5 Å². The van der Waals surface area contributed by atoms with Crippen LogP contribution in [0.5, 0.6) is 0 Å². The van der Waals surface area contributed by atoms with E-state index in [9.17, 15) is 4.39 Å². The maximum Gasteiger partial charge on any atom is 0.170 e. The highest BCUT2D eigenvalue weighted by Crippen LogP contribution is 2.16. The molecular formula is C14H15FN2S3. The van der Waals surface area contributed by atoms with Gasteiger partial charge in [0.05, 0.1) is 0 Å². The summed E-state index contributed by atoms with van der Waals surface area (Å²) >= 11 is 8.83. The zero-order valence-electron chi connectivity index (χ0n) is 10.8. The first kappa shape index (κ1) is 15.3. The van der Waals surface area contributed by atoms with Crippen LogP contribution in [0.4, 0.5) is 10.1 Å². The highest BCUT2D eigenvalue weighted by atomic mass is 32.2. The van der Waals surface area contributed by atoms with Gasteiger partial charge in [-0.2, -0.15) is 11.8 Å². The minimum Gasteiger partial charge on any atom is -0.362 e. The summed E-state index contributed by atoms with van der Waals surface area (Å²) in [5, 5.41) is 8.81. The Hall–Kier alpha value is -1.11. The minimum atomic E-state index is -0.251. The molecule has 0 saturated carbocycles. The third-order valence-corrected chi connectivity index (χ3v) is 4.77. The molecule has 0 saturated heterocycles. The fourth-order valence-electron chi connectivity index (χ4n) is 1.51. The minimum absolute atomic E-state index is 0.251. The van der Waals surface area contributed by atoms with Crippen LogP contribution in [0, 0.1) is 5.82 Å². The molecule has 2 aromatic rings. The topological polar surface area (TPSA) is 24.1 Å². The Morgan fingerprint density at radius 2 is 2.05 bits per heavy atom. The second kappa shape index (κ2) is 8.24. The normalized spacial score (nSPS) is 10.2. The fourth-order valence-corrected chi connectivity index (χ4v) is 3.43. The van der Waals surface area contributed by atoms with Gasteiger partial charge >= 0.3 is 0 Å². The van der Waals surface area contributed by atoms with Gasteiger partial charge in [0, 0.05) is 28.6 Å². The number of nitrogens with one attached hydrogen (secondary N) is 2. The standard InChI is InChI=1S/C14H15FN2S3/c15-11-3-5-12(6-4-11)17-14(18)16-7-9-19-10-13-2-1-8-20-13/h1-6,8H,7,9-10H2,(H2,16,17,18). The number of thiocarbonyl (C=S) groups is 1. The molecule has 0 aliphatic heterocycles. The van der Waals surface area contributed by atoms with E-state index in [4.69, 9.17) is 12.2 Å². The number of thiophene rings is 1. The van der Waals surface area contributed by atoms with E-state index < -0.39 is 0 Å². The molecule has 2 rings (SSSR count). The number of halogens is 1. The van der Waals surface area contributed by atoms with E-state index >= 15 is 0 Å². The Bertz CT molecular complexity index is 526. The van der Waals surface area contributed by atoms with Crippen molar-refractivity contribution in [3.8, 4) is 0 Å². The molecule has 0 bridgehead atoms. The molecule has 0 aliphatic carbocycles. The summed E-state index contributed by atoms with van der Waals surface area (Å²) in [5.41, 5.74) is 0.787. The van der Waals surface area contributed by atoms with Crippen LogP contribution >= 0.6 is 35.3 Å². The van der Waals surface area contributed by atoms with E-state index in [1.165, 1.54) is 17.0 Å². The van der Waals surface area contributed by atoms with E-state index in [1.807, 2.05) is 11.8 Å². The van der Waals surface area contributed by atoms with Gasteiger partial charge in [0.15, 0.2) is 5.11 Å². The second-order valence-electron chi connectivity index (χ2n) is 4.02. The van der Waals surface area contributed by atoms with E-state index in [2.05, 4.69) is 28.1 Å². The van der Waals surface area contributed by atoms with Crippen LogP contribution in [0.25, 0.3) is 0 Å². The van der Waals surface area contributed by atoms with Gasteiger partial charge in [-0.1, -0.05) is 6.07 Å². The number of hydrogen-bond acceptors (Lipinski definition) is 3. The molecular weight excluding hydrogens is 311 g/mol. The molecule has 0 unspecified atom stereocenters. The Balaban J connectivity index is 1.59. The quantitative estimate of drug-likeness (QED) is 0.616. The van der Waals surface area contributed by atoms with Crippen molar-refractivity contribution in [1.82, 2.24) is 5.32 Å². The van der Waals surface area contributed by atoms with Gasteiger partial charge in [0.25, 0.3) is 0 Å². The van der Waals surface area contributed by atoms with Gasteiger partial charge in [-0.3, -0.25) is 0 Å². The average molecular weight is 326 g/mol. The van der Waals surface area contributed by atoms with E-state index in [0.717, 1.165) is 23.7 Å². The van der Waals surface area contributed by atoms with E-state index in [1.54, 1.807) is 23.5 Å². The van der Waals surface area contributed by atoms with E-state index in [0.29, 0.717) is 5.11 Å². The summed E-state index contributed by atoms with van der Waals surface area (Å²) in [6, 6.07) is 10.3. The molecule has 2 nitrogen and oxygen atoms in total. The molecule has 0 aliphatic rings. The number of benzene rings is 1. The molecule has 20 heavy (non-hydrogen) atoms. The van der Waals surface area contributed by atoms with Crippen LogP contribution in [0.15, 0.2) is 41.8 Å². The molecule has 1 aromatic heterocycles. The Morgan fingerprint density at radius 3 is 2.75 bits per heavy atom. The maximum absolute atomic E-state index is 12.7. The highest BCUT2D eigenvalue weighted by Gasteiger charge is 1.98. The van der Waals surface area contributed by atoms with Gasteiger partial charge in [0.2, 0.25) is 0 Å².